The molecule has 2 saturated heterocycles. The van der Waals surface area contributed by atoms with Crippen molar-refractivity contribution in [1.29, 1.82) is 0 Å². The summed E-state index contributed by atoms with van der Waals surface area (Å²) in [4.78, 5) is 0. The van der Waals surface area contributed by atoms with E-state index >= 15 is 0 Å². The van der Waals surface area contributed by atoms with Crippen LogP contribution < -0.4 is 4.74 Å². The summed E-state index contributed by atoms with van der Waals surface area (Å²) in [6, 6.07) is 7.71. The van der Waals surface area contributed by atoms with Crippen molar-refractivity contribution in [3.8, 4) is 5.75 Å². The molecule has 0 aromatic heterocycles. The number of aliphatic hydroxyl groups is 1. The van der Waals surface area contributed by atoms with E-state index in [1.807, 2.05) is 31.2 Å². The third-order valence-corrected chi connectivity index (χ3v) is 6.41. The summed E-state index contributed by atoms with van der Waals surface area (Å²) < 4.78 is 17.7. The first-order valence-electron chi connectivity index (χ1n) is 6.98. The second kappa shape index (κ2) is 4.91. The lowest BCUT2D eigenvalue weighted by Gasteiger charge is -2.37. The van der Waals surface area contributed by atoms with Gasteiger partial charge in [0.1, 0.15) is 5.75 Å². The first-order valence-corrected chi connectivity index (χ1v) is 8.26. The Morgan fingerprint density at radius 2 is 1.95 bits per heavy atom. The van der Waals surface area contributed by atoms with Gasteiger partial charge in [-0.25, -0.2) is 0 Å². The Kier molecular flexibility index (Phi) is 3.39. The van der Waals surface area contributed by atoms with Gasteiger partial charge in [0.15, 0.2) is 0 Å². The van der Waals surface area contributed by atoms with Gasteiger partial charge in [-0.2, -0.15) is 0 Å². The summed E-state index contributed by atoms with van der Waals surface area (Å²) in [5, 5.41) is 11.3. The zero-order valence-corrected chi connectivity index (χ0v) is 12.0. The number of para-hydroxylation sites is 1. The van der Waals surface area contributed by atoms with E-state index in [-0.39, 0.29) is 10.5 Å². The van der Waals surface area contributed by atoms with Gasteiger partial charge in [0, 0.05) is 26.9 Å². The van der Waals surface area contributed by atoms with E-state index < -0.39 is 16.4 Å². The van der Waals surface area contributed by atoms with Crippen LogP contribution in [-0.4, -0.2) is 26.4 Å². The predicted octanol–water partition coefficient (Wildman–Crippen LogP) is 2.35. The zero-order chi connectivity index (χ0) is 13.5. The normalized spacial score (nSPS) is 37.3. The lowest BCUT2D eigenvalue weighted by atomic mass is 9.85. The zero-order valence-electron chi connectivity index (χ0n) is 11.2. The van der Waals surface area contributed by atoms with E-state index in [1.54, 1.807) is 0 Å². The van der Waals surface area contributed by atoms with E-state index in [4.69, 9.17) is 4.74 Å². The minimum absolute atomic E-state index is 0.151. The lowest BCUT2D eigenvalue weighted by molar-refractivity contribution is 0.0158. The van der Waals surface area contributed by atoms with Gasteiger partial charge in [0.25, 0.3) is 0 Å². The van der Waals surface area contributed by atoms with Gasteiger partial charge in [-0.1, -0.05) is 18.2 Å². The van der Waals surface area contributed by atoms with Crippen LogP contribution in [-0.2, 0) is 16.4 Å². The van der Waals surface area contributed by atoms with Gasteiger partial charge < -0.3 is 9.84 Å². The minimum Gasteiger partial charge on any atom is -0.493 e. The maximum atomic E-state index is 12.1. The summed E-state index contributed by atoms with van der Waals surface area (Å²) in [6.07, 6.45) is 3.16. The van der Waals surface area contributed by atoms with Crippen LogP contribution in [0.2, 0.25) is 0 Å². The summed E-state index contributed by atoms with van der Waals surface area (Å²) in [7, 11) is -0.750. The predicted molar refractivity (Wildman–Crippen MR) is 75.7 cm³/mol. The summed E-state index contributed by atoms with van der Waals surface area (Å²) in [5.74, 6) is 0.764. The molecular formula is C15H20O3S. The second-order valence-corrected chi connectivity index (χ2v) is 7.51. The quantitative estimate of drug-likeness (QED) is 0.924. The van der Waals surface area contributed by atoms with Gasteiger partial charge in [-0.05, 0) is 38.7 Å². The van der Waals surface area contributed by atoms with Crippen molar-refractivity contribution >= 4 is 10.8 Å². The number of fused-ring (bicyclic) bond motifs is 2. The van der Waals surface area contributed by atoms with Gasteiger partial charge in [0.05, 0.1) is 12.2 Å². The fourth-order valence-electron chi connectivity index (χ4n) is 3.43. The number of hydrogen-bond donors (Lipinski definition) is 1. The Labute approximate surface area is 116 Å². The largest absolute Gasteiger partial charge is 0.493 e. The van der Waals surface area contributed by atoms with E-state index in [0.29, 0.717) is 19.4 Å². The minimum atomic E-state index is -0.870. The van der Waals surface area contributed by atoms with Crippen molar-refractivity contribution in [2.45, 2.75) is 48.7 Å². The monoisotopic (exact) mass is 280 g/mol. The van der Waals surface area contributed by atoms with E-state index in [9.17, 15) is 9.32 Å². The molecule has 2 atom stereocenters. The lowest BCUT2D eigenvalue weighted by Crippen LogP contribution is -2.40. The van der Waals surface area contributed by atoms with Gasteiger partial charge >= 0.3 is 0 Å². The van der Waals surface area contributed by atoms with Gasteiger partial charge in [-0.3, -0.25) is 4.21 Å². The third-order valence-electron chi connectivity index (χ3n) is 4.29. The molecule has 2 heterocycles. The highest BCUT2D eigenvalue weighted by molar-refractivity contribution is 7.86. The highest BCUT2D eigenvalue weighted by atomic mass is 32.2. The second-order valence-electron chi connectivity index (χ2n) is 5.52. The average Bonchev–Trinajstić information content (AvgIpc) is 2.63. The van der Waals surface area contributed by atoms with Gasteiger partial charge in [-0.15, -0.1) is 0 Å². The van der Waals surface area contributed by atoms with Crippen molar-refractivity contribution < 1.29 is 14.1 Å². The molecule has 19 heavy (non-hydrogen) atoms. The number of rotatable bonds is 3. The summed E-state index contributed by atoms with van der Waals surface area (Å²) in [5.41, 5.74) is -0.00338. The van der Waals surface area contributed by atoms with Crippen LogP contribution >= 0.6 is 0 Å². The Bertz CT molecular complexity index is 484. The van der Waals surface area contributed by atoms with Gasteiger partial charge in [0.2, 0.25) is 0 Å². The van der Waals surface area contributed by atoms with Crippen molar-refractivity contribution in [3.63, 3.8) is 0 Å². The molecule has 0 saturated carbocycles. The number of benzene rings is 1. The molecule has 0 radical (unpaired) electrons. The van der Waals surface area contributed by atoms with E-state index in [1.165, 1.54) is 0 Å². The molecule has 2 unspecified atom stereocenters. The molecule has 1 N–H and O–H groups in total. The molecule has 3 nitrogen and oxygen atoms in total. The van der Waals surface area contributed by atoms with Crippen LogP contribution in [0.3, 0.4) is 0 Å². The molecule has 2 bridgehead atoms. The Balaban J connectivity index is 1.95. The molecule has 0 amide bonds. The van der Waals surface area contributed by atoms with Crippen LogP contribution in [0.4, 0.5) is 0 Å². The fourth-order valence-corrected chi connectivity index (χ4v) is 5.59. The van der Waals surface area contributed by atoms with Crippen molar-refractivity contribution in [1.82, 2.24) is 0 Å². The molecule has 1 aromatic rings. The van der Waals surface area contributed by atoms with Crippen LogP contribution in [0.5, 0.6) is 5.75 Å². The molecule has 2 aliphatic heterocycles. The van der Waals surface area contributed by atoms with Crippen LogP contribution in [0.25, 0.3) is 0 Å². The van der Waals surface area contributed by atoms with Crippen LogP contribution in [0, 0.1) is 0 Å². The van der Waals surface area contributed by atoms with E-state index in [0.717, 1.165) is 24.2 Å². The molecule has 2 aliphatic rings. The highest BCUT2D eigenvalue weighted by Gasteiger charge is 2.49. The highest BCUT2D eigenvalue weighted by Crippen LogP contribution is 2.47. The maximum absolute atomic E-state index is 12.1. The number of hydrogen-bond acceptors (Lipinski definition) is 3. The van der Waals surface area contributed by atoms with Crippen molar-refractivity contribution in [2.75, 3.05) is 6.61 Å². The van der Waals surface area contributed by atoms with Crippen molar-refractivity contribution in [2.24, 2.45) is 0 Å². The molecule has 0 spiro atoms. The number of ether oxygens (including phenoxy) is 1. The molecule has 104 valence electrons. The SMILES string of the molecule is CCOc1ccccc1C1(O)CC2CCC(C1)S2=O. The fraction of sp³-hybridized carbons (Fsp3) is 0.600. The van der Waals surface area contributed by atoms with Crippen LogP contribution in [0.15, 0.2) is 24.3 Å². The molecule has 0 aliphatic carbocycles. The molecular weight excluding hydrogens is 260 g/mol. The Morgan fingerprint density at radius 3 is 2.58 bits per heavy atom. The first-order chi connectivity index (χ1) is 9.14. The average molecular weight is 280 g/mol. The molecule has 4 heteroatoms. The topological polar surface area (TPSA) is 46.5 Å². The van der Waals surface area contributed by atoms with Crippen LogP contribution in [0.1, 0.15) is 38.2 Å². The maximum Gasteiger partial charge on any atom is 0.125 e. The third kappa shape index (κ3) is 2.21. The Hall–Kier alpha value is -0.870. The Morgan fingerprint density at radius 1 is 1.32 bits per heavy atom. The van der Waals surface area contributed by atoms with E-state index in [2.05, 4.69) is 0 Å². The summed E-state index contributed by atoms with van der Waals surface area (Å²) in [6.45, 7) is 2.53. The van der Waals surface area contributed by atoms with Crippen molar-refractivity contribution in [3.05, 3.63) is 29.8 Å². The smallest absolute Gasteiger partial charge is 0.125 e. The molecule has 1 aromatic carbocycles. The molecule has 2 fully saturated rings. The summed E-state index contributed by atoms with van der Waals surface area (Å²) >= 11 is 0. The molecule has 3 rings (SSSR count). The first kappa shape index (κ1) is 13.1. The standard InChI is InChI=1S/C15H20O3S/c1-2-18-14-6-4-3-5-13(14)15(16)9-11-7-8-12(10-15)19(11)17/h3-6,11-12,16H,2,7-10H2,1H3.